The van der Waals surface area contributed by atoms with Crippen LogP contribution in [0.1, 0.15) is 30.4 Å². The first kappa shape index (κ1) is 11.3. The van der Waals surface area contributed by atoms with Crippen molar-refractivity contribution in [3.8, 4) is 0 Å². The molecular formula is C14H15NO3. The number of benzene rings is 1. The summed E-state index contributed by atoms with van der Waals surface area (Å²) in [6.07, 6.45) is 2.39. The molecule has 1 heterocycles. The van der Waals surface area contributed by atoms with Gasteiger partial charge in [0.1, 0.15) is 0 Å². The molecule has 1 aliphatic heterocycles. The van der Waals surface area contributed by atoms with Crippen molar-refractivity contribution in [1.82, 2.24) is 0 Å². The van der Waals surface area contributed by atoms with Crippen molar-refractivity contribution < 1.29 is 14.7 Å². The average Bonchev–Trinajstić information content (AvgIpc) is 3.01. The van der Waals surface area contributed by atoms with Crippen LogP contribution in [0.4, 0.5) is 5.69 Å². The van der Waals surface area contributed by atoms with E-state index in [0.29, 0.717) is 6.42 Å². The largest absolute Gasteiger partial charge is 0.481 e. The number of carbonyl (C=O) groups is 2. The number of hydrogen-bond donors (Lipinski definition) is 1. The minimum absolute atomic E-state index is 0.0866. The summed E-state index contributed by atoms with van der Waals surface area (Å²) in [6.45, 7) is 0. The van der Waals surface area contributed by atoms with Gasteiger partial charge in [0.25, 0.3) is 0 Å². The Morgan fingerprint density at radius 2 is 2.17 bits per heavy atom. The lowest BCUT2D eigenvalue weighted by atomic mass is 9.87. The quantitative estimate of drug-likeness (QED) is 0.882. The molecule has 2 aliphatic rings. The number of carboxylic acid groups (broad SMARTS) is 1. The molecule has 1 aromatic carbocycles. The van der Waals surface area contributed by atoms with Gasteiger partial charge in [-0.15, -0.1) is 0 Å². The van der Waals surface area contributed by atoms with Crippen LogP contribution in [0.3, 0.4) is 0 Å². The second-order valence-corrected chi connectivity index (χ2v) is 5.28. The van der Waals surface area contributed by atoms with Crippen molar-refractivity contribution in [3.05, 3.63) is 29.3 Å². The Kier molecular flexibility index (Phi) is 2.24. The maximum Gasteiger partial charge on any atom is 0.304 e. The zero-order valence-electron chi connectivity index (χ0n) is 10.3. The number of anilines is 1. The SMILES string of the molecule is CN1C(=O)Cc2c1cccc2C1(CC(=O)O)CC1. The van der Waals surface area contributed by atoms with Crippen molar-refractivity contribution in [1.29, 1.82) is 0 Å². The lowest BCUT2D eigenvalue weighted by Crippen LogP contribution is -2.20. The highest BCUT2D eigenvalue weighted by Crippen LogP contribution is 2.53. The van der Waals surface area contributed by atoms with Gasteiger partial charge in [-0.2, -0.15) is 0 Å². The Morgan fingerprint density at radius 3 is 2.78 bits per heavy atom. The fourth-order valence-electron chi connectivity index (χ4n) is 2.96. The van der Waals surface area contributed by atoms with Crippen molar-refractivity contribution >= 4 is 17.6 Å². The smallest absolute Gasteiger partial charge is 0.304 e. The van der Waals surface area contributed by atoms with Gasteiger partial charge in [-0.25, -0.2) is 0 Å². The summed E-state index contributed by atoms with van der Waals surface area (Å²) in [6, 6.07) is 5.84. The molecule has 1 amide bonds. The van der Waals surface area contributed by atoms with Crippen LogP contribution in [0, 0.1) is 0 Å². The summed E-state index contributed by atoms with van der Waals surface area (Å²) in [5, 5.41) is 9.03. The van der Waals surface area contributed by atoms with Crippen LogP contribution in [0.2, 0.25) is 0 Å². The van der Waals surface area contributed by atoms with Crippen LogP contribution in [0.25, 0.3) is 0 Å². The molecule has 0 unspecified atom stereocenters. The second kappa shape index (κ2) is 3.57. The Morgan fingerprint density at radius 1 is 1.44 bits per heavy atom. The van der Waals surface area contributed by atoms with Crippen LogP contribution in [0.15, 0.2) is 18.2 Å². The first-order valence-electron chi connectivity index (χ1n) is 6.14. The third-order valence-corrected chi connectivity index (χ3v) is 4.13. The van der Waals surface area contributed by atoms with Crippen molar-refractivity contribution in [2.24, 2.45) is 0 Å². The molecule has 0 atom stereocenters. The van der Waals surface area contributed by atoms with Crippen LogP contribution >= 0.6 is 0 Å². The van der Waals surface area contributed by atoms with E-state index in [2.05, 4.69) is 0 Å². The minimum atomic E-state index is -0.761. The maximum atomic E-state index is 11.8. The third-order valence-electron chi connectivity index (χ3n) is 4.13. The van der Waals surface area contributed by atoms with E-state index in [1.807, 2.05) is 18.2 Å². The van der Waals surface area contributed by atoms with Gasteiger partial charge in [0.15, 0.2) is 0 Å². The zero-order chi connectivity index (χ0) is 12.9. The number of fused-ring (bicyclic) bond motifs is 1. The van der Waals surface area contributed by atoms with E-state index in [1.165, 1.54) is 0 Å². The summed E-state index contributed by atoms with van der Waals surface area (Å²) in [5.41, 5.74) is 2.82. The van der Waals surface area contributed by atoms with E-state index in [4.69, 9.17) is 5.11 Å². The number of carboxylic acids is 1. The fourth-order valence-corrected chi connectivity index (χ4v) is 2.96. The lowest BCUT2D eigenvalue weighted by molar-refractivity contribution is -0.137. The highest BCUT2D eigenvalue weighted by atomic mass is 16.4. The predicted molar refractivity (Wildman–Crippen MR) is 66.7 cm³/mol. The number of aliphatic carboxylic acids is 1. The molecule has 1 saturated carbocycles. The molecule has 18 heavy (non-hydrogen) atoms. The maximum absolute atomic E-state index is 11.8. The molecule has 0 saturated heterocycles. The van der Waals surface area contributed by atoms with Crippen molar-refractivity contribution in [2.45, 2.75) is 31.1 Å². The monoisotopic (exact) mass is 245 g/mol. The van der Waals surface area contributed by atoms with E-state index in [9.17, 15) is 9.59 Å². The molecule has 0 aromatic heterocycles. The number of carbonyl (C=O) groups excluding carboxylic acids is 1. The summed E-state index contributed by atoms with van der Waals surface area (Å²) in [5.74, 6) is -0.675. The Labute approximate surface area is 105 Å². The molecule has 94 valence electrons. The van der Waals surface area contributed by atoms with Gasteiger partial charge < -0.3 is 10.0 Å². The van der Waals surface area contributed by atoms with Gasteiger partial charge >= 0.3 is 5.97 Å². The van der Waals surface area contributed by atoms with Gasteiger partial charge in [-0.3, -0.25) is 9.59 Å². The van der Waals surface area contributed by atoms with Crippen molar-refractivity contribution in [3.63, 3.8) is 0 Å². The highest BCUT2D eigenvalue weighted by Gasteiger charge is 2.48. The Hall–Kier alpha value is -1.84. The molecule has 1 aliphatic carbocycles. The van der Waals surface area contributed by atoms with E-state index < -0.39 is 5.97 Å². The topological polar surface area (TPSA) is 57.6 Å². The van der Waals surface area contributed by atoms with E-state index in [1.54, 1.807) is 11.9 Å². The van der Waals surface area contributed by atoms with Gasteiger partial charge in [0.05, 0.1) is 12.8 Å². The van der Waals surface area contributed by atoms with Gasteiger partial charge in [-0.1, -0.05) is 12.1 Å². The van der Waals surface area contributed by atoms with Gasteiger partial charge in [-0.05, 0) is 30.0 Å². The summed E-state index contributed by atoms with van der Waals surface area (Å²) in [4.78, 5) is 24.4. The molecule has 4 nitrogen and oxygen atoms in total. The molecule has 0 radical (unpaired) electrons. The standard InChI is InChI=1S/C14H15NO3/c1-15-11-4-2-3-10(9(11)7-12(15)16)14(5-6-14)8-13(17)18/h2-4H,5-8H2,1H3,(H,17,18). The molecule has 0 spiro atoms. The molecule has 1 N–H and O–H groups in total. The number of rotatable bonds is 3. The number of likely N-dealkylation sites (N-methyl/N-ethyl adjacent to an activating group) is 1. The highest BCUT2D eigenvalue weighted by molar-refractivity contribution is 6.01. The number of amides is 1. The second-order valence-electron chi connectivity index (χ2n) is 5.28. The van der Waals surface area contributed by atoms with Gasteiger partial charge in [0.2, 0.25) is 5.91 Å². The normalized spacial score (nSPS) is 19.8. The summed E-state index contributed by atoms with van der Waals surface area (Å²) < 4.78 is 0. The molecule has 3 rings (SSSR count). The molecular weight excluding hydrogens is 230 g/mol. The van der Waals surface area contributed by atoms with E-state index >= 15 is 0 Å². The first-order chi connectivity index (χ1) is 8.53. The summed E-state index contributed by atoms with van der Waals surface area (Å²) >= 11 is 0. The summed E-state index contributed by atoms with van der Waals surface area (Å²) in [7, 11) is 1.77. The van der Waals surface area contributed by atoms with E-state index in [0.717, 1.165) is 29.7 Å². The Balaban J connectivity index is 2.05. The molecule has 0 bridgehead atoms. The van der Waals surface area contributed by atoms with Crippen molar-refractivity contribution in [2.75, 3.05) is 11.9 Å². The number of nitrogens with zero attached hydrogens (tertiary/aromatic N) is 1. The average molecular weight is 245 g/mol. The molecule has 1 aromatic rings. The molecule has 1 fully saturated rings. The van der Waals surface area contributed by atoms with Crippen LogP contribution in [-0.4, -0.2) is 24.0 Å². The fraction of sp³-hybridized carbons (Fsp3) is 0.429. The van der Waals surface area contributed by atoms with Crippen LogP contribution < -0.4 is 4.90 Å². The number of hydrogen-bond acceptors (Lipinski definition) is 2. The molecule has 4 heteroatoms. The zero-order valence-corrected chi connectivity index (χ0v) is 10.3. The van der Waals surface area contributed by atoms with Crippen LogP contribution in [0.5, 0.6) is 0 Å². The van der Waals surface area contributed by atoms with Gasteiger partial charge in [0, 0.05) is 18.2 Å². The predicted octanol–water partition coefficient (Wildman–Crippen LogP) is 1.71. The minimum Gasteiger partial charge on any atom is -0.481 e. The Bertz CT molecular complexity index is 546. The lowest BCUT2D eigenvalue weighted by Gasteiger charge is -2.17. The third kappa shape index (κ3) is 1.52. The van der Waals surface area contributed by atoms with Crippen LogP contribution in [-0.2, 0) is 21.4 Å². The van der Waals surface area contributed by atoms with E-state index in [-0.39, 0.29) is 17.7 Å². The first-order valence-corrected chi connectivity index (χ1v) is 6.14.